The summed E-state index contributed by atoms with van der Waals surface area (Å²) in [6.07, 6.45) is 4.71. The van der Waals surface area contributed by atoms with Gasteiger partial charge < -0.3 is 4.90 Å². The molecule has 1 amide bonds. The summed E-state index contributed by atoms with van der Waals surface area (Å²) in [6.45, 7) is 6.41. The molecule has 1 fully saturated rings. The molecule has 1 heterocycles. The average Bonchev–Trinajstić information content (AvgIpc) is 2.66. The van der Waals surface area contributed by atoms with Gasteiger partial charge in [-0.2, -0.15) is 0 Å². The topological polar surface area (TPSA) is 37.4 Å². The molecule has 1 atom stereocenters. The number of carbonyl (C=O) groups is 2. The Labute approximate surface area is 127 Å². The number of ketones is 1. The lowest BCUT2D eigenvalue weighted by molar-refractivity contribution is -0.118. The minimum Gasteiger partial charge on any atom is -0.335 e. The fraction of sp³-hybridized carbons (Fsp3) is 0.556. The van der Waals surface area contributed by atoms with Gasteiger partial charge in [-0.3, -0.25) is 9.59 Å². The summed E-state index contributed by atoms with van der Waals surface area (Å²) in [6, 6.07) is 5.94. The third-order valence-corrected chi connectivity index (χ3v) is 4.50. The number of rotatable bonds is 3. The minimum atomic E-state index is 0.0670. The Morgan fingerprint density at radius 3 is 2.67 bits per heavy atom. The van der Waals surface area contributed by atoms with Gasteiger partial charge >= 0.3 is 0 Å². The van der Waals surface area contributed by atoms with Crippen LogP contribution in [0.4, 0.5) is 0 Å². The number of benzene rings is 1. The Balaban J connectivity index is 2.28. The third kappa shape index (κ3) is 3.72. The van der Waals surface area contributed by atoms with Gasteiger partial charge in [0.1, 0.15) is 5.78 Å². The number of Topliss-reactive ketones (excluding diaryl/α,β-unsaturated/α-hetero) is 1. The Kier molecular flexibility index (Phi) is 5.16. The smallest absolute Gasteiger partial charge is 0.254 e. The molecule has 1 aliphatic rings. The van der Waals surface area contributed by atoms with E-state index in [2.05, 4.69) is 0 Å². The fourth-order valence-corrected chi connectivity index (χ4v) is 3.13. The van der Waals surface area contributed by atoms with Crippen molar-refractivity contribution in [2.24, 2.45) is 0 Å². The summed E-state index contributed by atoms with van der Waals surface area (Å²) in [5, 5.41) is 0. The number of likely N-dealkylation sites (tertiary alicyclic amines) is 1. The highest BCUT2D eigenvalue weighted by Gasteiger charge is 2.28. The van der Waals surface area contributed by atoms with Crippen molar-refractivity contribution in [2.75, 3.05) is 6.54 Å². The molecule has 0 spiro atoms. The maximum atomic E-state index is 12.9. The molecule has 0 aromatic heterocycles. The van der Waals surface area contributed by atoms with Gasteiger partial charge in [-0.15, -0.1) is 0 Å². The standard InChI is InChI=1S/C18H25NO2/c1-13-8-7-10-17(15(13)3)18(21)19-11-6-4-5-9-16(19)12-14(2)20/h7-8,10,16H,4-6,9,11-12H2,1-3H3. The normalized spacial score (nSPS) is 19.2. The van der Waals surface area contributed by atoms with E-state index in [4.69, 9.17) is 0 Å². The summed E-state index contributed by atoms with van der Waals surface area (Å²) < 4.78 is 0. The number of hydrogen-bond donors (Lipinski definition) is 0. The summed E-state index contributed by atoms with van der Waals surface area (Å²) in [4.78, 5) is 26.4. The van der Waals surface area contributed by atoms with E-state index < -0.39 is 0 Å². The maximum Gasteiger partial charge on any atom is 0.254 e. The molecule has 0 aliphatic carbocycles. The van der Waals surface area contributed by atoms with Gasteiger partial charge in [0.2, 0.25) is 0 Å². The van der Waals surface area contributed by atoms with Gasteiger partial charge in [0, 0.05) is 24.6 Å². The molecule has 2 rings (SSSR count). The monoisotopic (exact) mass is 287 g/mol. The molecule has 21 heavy (non-hydrogen) atoms. The maximum absolute atomic E-state index is 12.9. The predicted molar refractivity (Wildman–Crippen MR) is 84.5 cm³/mol. The average molecular weight is 287 g/mol. The quantitative estimate of drug-likeness (QED) is 0.850. The molecule has 0 N–H and O–H groups in total. The largest absolute Gasteiger partial charge is 0.335 e. The molecule has 0 saturated carbocycles. The van der Waals surface area contributed by atoms with Crippen LogP contribution < -0.4 is 0 Å². The molecular formula is C18H25NO2. The van der Waals surface area contributed by atoms with Crippen LogP contribution in [0, 0.1) is 13.8 Å². The molecule has 0 bridgehead atoms. The van der Waals surface area contributed by atoms with E-state index in [0.717, 1.165) is 48.9 Å². The van der Waals surface area contributed by atoms with E-state index in [9.17, 15) is 9.59 Å². The molecular weight excluding hydrogens is 262 g/mol. The Hall–Kier alpha value is -1.64. The molecule has 1 unspecified atom stereocenters. The van der Waals surface area contributed by atoms with Crippen molar-refractivity contribution in [3.05, 3.63) is 34.9 Å². The van der Waals surface area contributed by atoms with Crippen molar-refractivity contribution >= 4 is 11.7 Å². The van der Waals surface area contributed by atoms with Crippen molar-refractivity contribution in [1.82, 2.24) is 4.90 Å². The van der Waals surface area contributed by atoms with Crippen LogP contribution in [0.15, 0.2) is 18.2 Å². The van der Waals surface area contributed by atoms with Crippen LogP contribution in [0.1, 0.15) is 60.5 Å². The second-order valence-electron chi connectivity index (χ2n) is 6.16. The van der Waals surface area contributed by atoms with Gasteiger partial charge in [0.05, 0.1) is 0 Å². The SMILES string of the molecule is CC(=O)CC1CCCCCN1C(=O)c1cccc(C)c1C. The number of amides is 1. The summed E-state index contributed by atoms with van der Waals surface area (Å²) >= 11 is 0. The van der Waals surface area contributed by atoms with Crippen molar-refractivity contribution < 1.29 is 9.59 Å². The van der Waals surface area contributed by atoms with Crippen molar-refractivity contribution in [3.63, 3.8) is 0 Å². The minimum absolute atomic E-state index is 0.0670. The van der Waals surface area contributed by atoms with E-state index >= 15 is 0 Å². The van der Waals surface area contributed by atoms with E-state index in [1.165, 1.54) is 0 Å². The molecule has 1 aliphatic heterocycles. The molecule has 3 heteroatoms. The molecule has 114 valence electrons. The molecule has 1 aromatic carbocycles. The van der Waals surface area contributed by atoms with Crippen LogP contribution in [-0.4, -0.2) is 29.2 Å². The van der Waals surface area contributed by atoms with Gasteiger partial charge in [0.25, 0.3) is 5.91 Å². The number of carbonyl (C=O) groups excluding carboxylic acids is 2. The lowest BCUT2D eigenvalue weighted by Crippen LogP contribution is -2.41. The van der Waals surface area contributed by atoms with Crippen LogP contribution in [-0.2, 0) is 4.79 Å². The number of hydrogen-bond acceptors (Lipinski definition) is 2. The number of aryl methyl sites for hydroxylation is 1. The first-order chi connectivity index (χ1) is 10.0. The van der Waals surface area contributed by atoms with Gasteiger partial charge in [-0.05, 0) is 50.8 Å². The first-order valence-electron chi connectivity index (χ1n) is 7.87. The Bertz CT molecular complexity index is 536. The predicted octanol–water partition coefficient (Wildman–Crippen LogP) is 3.67. The van der Waals surface area contributed by atoms with Crippen molar-refractivity contribution in [3.8, 4) is 0 Å². The second-order valence-corrected chi connectivity index (χ2v) is 6.16. The van der Waals surface area contributed by atoms with Gasteiger partial charge in [0.15, 0.2) is 0 Å². The van der Waals surface area contributed by atoms with Crippen molar-refractivity contribution in [2.45, 2.75) is 58.9 Å². The molecule has 3 nitrogen and oxygen atoms in total. The molecule has 0 radical (unpaired) electrons. The zero-order valence-electron chi connectivity index (χ0n) is 13.3. The molecule has 1 aromatic rings. The summed E-state index contributed by atoms with van der Waals surface area (Å²) in [7, 11) is 0. The van der Waals surface area contributed by atoms with Gasteiger partial charge in [-0.25, -0.2) is 0 Å². The molecule has 1 saturated heterocycles. The lowest BCUT2D eigenvalue weighted by atomic mass is 10.00. The van der Waals surface area contributed by atoms with Crippen LogP contribution in [0.3, 0.4) is 0 Å². The fourth-order valence-electron chi connectivity index (χ4n) is 3.13. The lowest BCUT2D eigenvalue weighted by Gasteiger charge is -2.30. The van der Waals surface area contributed by atoms with Crippen molar-refractivity contribution in [1.29, 1.82) is 0 Å². The Morgan fingerprint density at radius 2 is 1.95 bits per heavy atom. The summed E-state index contributed by atoms with van der Waals surface area (Å²) in [5.41, 5.74) is 2.97. The highest BCUT2D eigenvalue weighted by Crippen LogP contribution is 2.23. The third-order valence-electron chi connectivity index (χ3n) is 4.50. The zero-order chi connectivity index (χ0) is 15.4. The Morgan fingerprint density at radius 1 is 1.19 bits per heavy atom. The highest BCUT2D eigenvalue weighted by molar-refractivity contribution is 5.96. The number of nitrogens with zero attached hydrogens (tertiary/aromatic N) is 1. The van der Waals surface area contributed by atoms with Crippen LogP contribution >= 0.6 is 0 Å². The summed E-state index contributed by atoms with van der Waals surface area (Å²) in [5.74, 6) is 0.255. The zero-order valence-corrected chi connectivity index (χ0v) is 13.3. The van der Waals surface area contributed by atoms with Crippen LogP contribution in [0.25, 0.3) is 0 Å². The van der Waals surface area contributed by atoms with Crippen LogP contribution in [0.5, 0.6) is 0 Å². The van der Waals surface area contributed by atoms with E-state index in [1.54, 1.807) is 6.92 Å². The van der Waals surface area contributed by atoms with Crippen LogP contribution in [0.2, 0.25) is 0 Å². The second kappa shape index (κ2) is 6.88. The first kappa shape index (κ1) is 15.7. The van der Waals surface area contributed by atoms with Gasteiger partial charge in [-0.1, -0.05) is 25.0 Å². The first-order valence-corrected chi connectivity index (χ1v) is 7.87. The van der Waals surface area contributed by atoms with E-state index in [1.807, 2.05) is 36.9 Å². The van der Waals surface area contributed by atoms with E-state index in [0.29, 0.717) is 6.42 Å². The van der Waals surface area contributed by atoms with E-state index in [-0.39, 0.29) is 17.7 Å². The highest BCUT2D eigenvalue weighted by atomic mass is 16.2.